The summed E-state index contributed by atoms with van der Waals surface area (Å²) >= 11 is 0. The summed E-state index contributed by atoms with van der Waals surface area (Å²) in [5.41, 5.74) is 0.641. The van der Waals surface area contributed by atoms with Crippen molar-refractivity contribution in [3.63, 3.8) is 0 Å². The molecule has 0 aliphatic heterocycles. The molecule has 0 N–H and O–H groups in total. The fourth-order valence-corrected chi connectivity index (χ4v) is 2.33. The van der Waals surface area contributed by atoms with Crippen LogP contribution in [0.3, 0.4) is 0 Å². The molecule has 2 aromatic rings. The second-order valence-electron chi connectivity index (χ2n) is 5.09. The fraction of sp³-hybridized carbons (Fsp3) is 0.211. The first kappa shape index (κ1) is 18.8. The number of carbonyl (C=O) groups is 2. The van der Waals surface area contributed by atoms with E-state index in [1.165, 1.54) is 19.1 Å². The number of anilines is 1. The lowest BCUT2D eigenvalue weighted by molar-refractivity contribution is -0.121. The summed E-state index contributed by atoms with van der Waals surface area (Å²) in [5.74, 6) is -0.713. The molecular formula is C19H18N2O5. The molecule has 0 aromatic heterocycles. The number of benzene rings is 2. The van der Waals surface area contributed by atoms with E-state index in [2.05, 4.69) is 0 Å². The van der Waals surface area contributed by atoms with Crippen LogP contribution in [0.5, 0.6) is 11.5 Å². The lowest BCUT2D eigenvalue weighted by Crippen LogP contribution is -2.35. The van der Waals surface area contributed by atoms with Gasteiger partial charge < -0.3 is 14.2 Å². The standard InChI is InChI=1S/C19H18N2O5/c1-24-15-9-6-10-16(25-2)18(15)19(23)26-13-17(22)21(12-11-20)14-7-4-3-5-8-14/h3-10H,12-13H2,1-2H3. The minimum absolute atomic E-state index is 0.0943. The molecule has 0 aliphatic carbocycles. The zero-order valence-corrected chi connectivity index (χ0v) is 14.5. The number of amides is 1. The van der Waals surface area contributed by atoms with E-state index in [1.807, 2.05) is 6.07 Å². The molecule has 0 saturated heterocycles. The van der Waals surface area contributed by atoms with Crippen LogP contribution < -0.4 is 14.4 Å². The largest absolute Gasteiger partial charge is 0.496 e. The number of hydrogen-bond acceptors (Lipinski definition) is 6. The average Bonchev–Trinajstić information content (AvgIpc) is 2.69. The smallest absolute Gasteiger partial charge is 0.346 e. The van der Waals surface area contributed by atoms with Crippen molar-refractivity contribution in [1.29, 1.82) is 5.26 Å². The van der Waals surface area contributed by atoms with E-state index >= 15 is 0 Å². The molecule has 0 saturated carbocycles. The summed E-state index contributed by atoms with van der Waals surface area (Å²) in [7, 11) is 2.83. The van der Waals surface area contributed by atoms with Crippen LogP contribution in [0.4, 0.5) is 5.69 Å². The third-order valence-electron chi connectivity index (χ3n) is 3.56. The van der Waals surface area contributed by atoms with E-state index in [0.29, 0.717) is 5.69 Å². The van der Waals surface area contributed by atoms with Crippen molar-refractivity contribution in [2.75, 3.05) is 32.3 Å². The minimum atomic E-state index is -0.752. The van der Waals surface area contributed by atoms with E-state index in [4.69, 9.17) is 19.5 Å². The zero-order valence-electron chi connectivity index (χ0n) is 14.5. The summed E-state index contributed by atoms with van der Waals surface area (Å²) in [5, 5.41) is 8.95. The van der Waals surface area contributed by atoms with Crippen molar-refractivity contribution >= 4 is 17.6 Å². The molecule has 1 amide bonds. The Morgan fingerprint density at radius 3 is 2.15 bits per heavy atom. The van der Waals surface area contributed by atoms with Crippen molar-refractivity contribution in [2.24, 2.45) is 0 Å². The van der Waals surface area contributed by atoms with Gasteiger partial charge in [0.2, 0.25) is 0 Å². The highest BCUT2D eigenvalue weighted by molar-refractivity contribution is 5.99. The van der Waals surface area contributed by atoms with Gasteiger partial charge in [0.05, 0.1) is 20.3 Å². The summed E-state index contributed by atoms with van der Waals surface area (Å²) in [6.45, 7) is -0.672. The molecule has 0 spiro atoms. The van der Waals surface area contributed by atoms with Crippen LogP contribution in [0, 0.1) is 11.3 Å². The molecule has 0 atom stereocenters. The highest BCUT2D eigenvalue weighted by Gasteiger charge is 2.22. The molecular weight excluding hydrogens is 336 g/mol. The SMILES string of the molecule is COc1cccc(OC)c1C(=O)OCC(=O)N(CC#N)c1ccccc1. The summed E-state index contributed by atoms with van der Waals surface area (Å²) < 4.78 is 15.4. The van der Waals surface area contributed by atoms with Crippen LogP contribution in [-0.4, -0.2) is 39.2 Å². The fourth-order valence-electron chi connectivity index (χ4n) is 2.33. The van der Waals surface area contributed by atoms with Crippen molar-refractivity contribution in [3.05, 3.63) is 54.1 Å². The first-order chi connectivity index (χ1) is 12.6. The highest BCUT2D eigenvalue weighted by Crippen LogP contribution is 2.28. The Morgan fingerprint density at radius 1 is 1.00 bits per heavy atom. The van der Waals surface area contributed by atoms with Crippen LogP contribution in [0.25, 0.3) is 0 Å². The number of ether oxygens (including phenoxy) is 3. The number of para-hydroxylation sites is 1. The summed E-state index contributed by atoms with van der Waals surface area (Å²) in [6, 6.07) is 15.5. The van der Waals surface area contributed by atoms with Gasteiger partial charge in [0, 0.05) is 5.69 Å². The maximum atomic E-state index is 12.4. The lowest BCUT2D eigenvalue weighted by Gasteiger charge is -2.19. The molecule has 0 bridgehead atoms. The van der Waals surface area contributed by atoms with Crippen LogP contribution in [0.15, 0.2) is 48.5 Å². The van der Waals surface area contributed by atoms with Crippen molar-refractivity contribution in [1.82, 2.24) is 0 Å². The van der Waals surface area contributed by atoms with E-state index in [-0.39, 0.29) is 23.6 Å². The van der Waals surface area contributed by atoms with E-state index in [0.717, 1.165) is 0 Å². The third-order valence-corrected chi connectivity index (χ3v) is 3.56. The van der Waals surface area contributed by atoms with Gasteiger partial charge in [-0.1, -0.05) is 24.3 Å². The van der Waals surface area contributed by atoms with Crippen molar-refractivity contribution < 1.29 is 23.8 Å². The third kappa shape index (κ3) is 4.30. The van der Waals surface area contributed by atoms with Gasteiger partial charge in [-0.2, -0.15) is 5.26 Å². The maximum absolute atomic E-state index is 12.4. The molecule has 7 heteroatoms. The van der Waals surface area contributed by atoms with Crippen LogP contribution >= 0.6 is 0 Å². The van der Waals surface area contributed by atoms with Gasteiger partial charge >= 0.3 is 5.97 Å². The Hall–Kier alpha value is -3.53. The lowest BCUT2D eigenvalue weighted by atomic mass is 10.2. The predicted molar refractivity (Wildman–Crippen MR) is 94.2 cm³/mol. The molecule has 26 heavy (non-hydrogen) atoms. The number of hydrogen-bond donors (Lipinski definition) is 0. The number of nitriles is 1. The van der Waals surface area contributed by atoms with Crippen LogP contribution in [-0.2, 0) is 9.53 Å². The topological polar surface area (TPSA) is 88.9 Å². The zero-order chi connectivity index (χ0) is 18.9. The van der Waals surface area contributed by atoms with Crippen molar-refractivity contribution in [2.45, 2.75) is 0 Å². The molecule has 2 rings (SSSR count). The minimum Gasteiger partial charge on any atom is -0.496 e. The first-order valence-corrected chi connectivity index (χ1v) is 7.72. The highest BCUT2D eigenvalue weighted by atomic mass is 16.5. The van der Waals surface area contributed by atoms with E-state index < -0.39 is 18.5 Å². The summed E-state index contributed by atoms with van der Waals surface area (Å²) in [6.07, 6.45) is 0. The number of nitrogens with zero attached hydrogens (tertiary/aromatic N) is 2. The van der Waals surface area contributed by atoms with Gasteiger partial charge in [0.1, 0.15) is 23.6 Å². The predicted octanol–water partition coefficient (Wildman–Crippen LogP) is 2.42. The normalized spacial score (nSPS) is 9.73. The van der Waals surface area contributed by atoms with Gasteiger partial charge in [-0.25, -0.2) is 4.79 Å². The van der Waals surface area contributed by atoms with Gasteiger partial charge in [-0.05, 0) is 24.3 Å². The Labute approximate surface area is 151 Å². The second-order valence-corrected chi connectivity index (χ2v) is 5.09. The van der Waals surface area contributed by atoms with Gasteiger partial charge in [-0.15, -0.1) is 0 Å². The molecule has 0 aliphatic rings. The Morgan fingerprint density at radius 2 is 1.62 bits per heavy atom. The Bertz CT molecular complexity index is 792. The molecule has 7 nitrogen and oxygen atoms in total. The summed E-state index contributed by atoms with van der Waals surface area (Å²) in [4.78, 5) is 26.1. The molecule has 134 valence electrons. The average molecular weight is 354 g/mol. The van der Waals surface area contributed by atoms with Gasteiger partial charge in [0.15, 0.2) is 6.61 Å². The second kappa shape index (κ2) is 9.08. The molecule has 0 unspecified atom stereocenters. The Balaban J connectivity index is 2.14. The molecule has 0 fully saturated rings. The van der Waals surface area contributed by atoms with E-state index in [9.17, 15) is 9.59 Å². The van der Waals surface area contributed by atoms with Gasteiger partial charge in [0.25, 0.3) is 5.91 Å². The molecule has 0 radical (unpaired) electrons. The molecule has 0 heterocycles. The van der Waals surface area contributed by atoms with Crippen molar-refractivity contribution in [3.8, 4) is 17.6 Å². The van der Waals surface area contributed by atoms with E-state index in [1.54, 1.807) is 48.5 Å². The molecule has 2 aromatic carbocycles. The maximum Gasteiger partial charge on any atom is 0.346 e. The first-order valence-electron chi connectivity index (χ1n) is 7.72. The Kier molecular flexibility index (Phi) is 6.57. The van der Waals surface area contributed by atoms with Crippen LogP contribution in [0.2, 0.25) is 0 Å². The number of methoxy groups -OCH3 is 2. The number of esters is 1. The monoisotopic (exact) mass is 354 g/mol. The van der Waals surface area contributed by atoms with Crippen LogP contribution in [0.1, 0.15) is 10.4 Å². The number of carbonyl (C=O) groups excluding carboxylic acids is 2. The number of rotatable bonds is 7. The van der Waals surface area contributed by atoms with Gasteiger partial charge in [-0.3, -0.25) is 9.69 Å². The quantitative estimate of drug-likeness (QED) is 0.560.